The third-order valence-corrected chi connectivity index (χ3v) is 12.8. The predicted molar refractivity (Wildman–Crippen MR) is 318 cm³/mol. The zero-order valence-electron chi connectivity index (χ0n) is 48.9. The van der Waals surface area contributed by atoms with E-state index < -0.39 is 24.3 Å². The Morgan fingerprint density at radius 3 is 1.07 bits per heavy atom. The first-order chi connectivity index (χ1) is 36.6. The van der Waals surface area contributed by atoms with Crippen molar-refractivity contribution in [3.8, 4) is 0 Å². The van der Waals surface area contributed by atoms with Crippen molar-refractivity contribution >= 4 is 17.9 Å². The largest absolute Gasteiger partial charge is 0.477 e. The van der Waals surface area contributed by atoms with Crippen LogP contribution in [-0.2, 0) is 33.3 Å². The summed E-state index contributed by atoms with van der Waals surface area (Å²) < 4.78 is 22.9. The Balaban J connectivity index is 4.22. The van der Waals surface area contributed by atoms with Gasteiger partial charge in [0.25, 0.3) is 6.29 Å². The second kappa shape index (κ2) is 56.4. The van der Waals surface area contributed by atoms with Gasteiger partial charge in [-0.1, -0.05) is 239 Å². The highest BCUT2D eigenvalue weighted by atomic mass is 16.7. The summed E-state index contributed by atoms with van der Waals surface area (Å²) in [7, 11) is 5.97. The van der Waals surface area contributed by atoms with E-state index >= 15 is 0 Å². The minimum Gasteiger partial charge on any atom is -0.477 e. The van der Waals surface area contributed by atoms with Crippen molar-refractivity contribution in [2.24, 2.45) is 0 Å². The Kier molecular flexibility index (Phi) is 53.6. The minimum absolute atomic E-state index is 0.183. The van der Waals surface area contributed by atoms with Gasteiger partial charge in [-0.25, -0.2) is 4.79 Å². The van der Waals surface area contributed by atoms with Gasteiger partial charge < -0.3 is 28.5 Å². The highest BCUT2D eigenvalue weighted by molar-refractivity contribution is 5.71. The monoisotopic (exact) mass is 1050 g/mol. The van der Waals surface area contributed by atoms with Gasteiger partial charge in [0.05, 0.1) is 34.4 Å². The minimum atomic E-state index is -1.52. The van der Waals surface area contributed by atoms with Crippen molar-refractivity contribution in [3.63, 3.8) is 0 Å². The molecule has 0 radical (unpaired) electrons. The molecular weight excluding hydrogens is 935 g/mol. The van der Waals surface area contributed by atoms with Crippen molar-refractivity contribution in [2.75, 3.05) is 47.5 Å². The van der Waals surface area contributed by atoms with Crippen LogP contribution in [0.5, 0.6) is 0 Å². The van der Waals surface area contributed by atoms with E-state index in [0.717, 1.165) is 96.3 Å². The van der Waals surface area contributed by atoms with Gasteiger partial charge in [0.2, 0.25) is 0 Å². The van der Waals surface area contributed by atoms with E-state index in [9.17, 15) is 19.5 Å². The molecule has 2 atom stereocenters. The molecule has 0 aliphatic carbocycles. The van der Waals surface area contributed by atoms with Crippen LogP contribution in [0.25, 0.3) is 0 Å². The van der Waals surface area contributed by atoms with Gasteiger partial charge in [-0.3, -0.25) is 9.59 Å². The summed E-state index contributed by atoms with van der Waals surface area (Å²) in [5.74, 6) is -2.01. The smallest absolute Gasteiger partial charge is 0.361 e. The molecule has 0 fully saturated rings. The average molecular weight is 1050 g/mol. The van der Waals surface area contributed by atoms with Crippen LogP contribution >= 0.6 is 0 Å². The zero-order valence-corrected chi connectivity index (χ0v) is 48.9. The van der Waals surface area contributed by atoms with Gasteiger partial charge >= 0.3 is 17.9 Å². The number of ether oxygens (including phenoxy) is 4. The van der Waals surface area contributed by atoms with Gasteiger partial charge in [0.15, 0.2) is 6.10 Å². The number of nitrogens with zero attached hydrogens (tertiary/aromatic N) is 1. The molecule has 1 N–H and O–H groups in total. The first-order valence-electron chi connectivity index (χ1n) is 30.4. The molecule has 0 heterocycles. The fourth-order valence-corrected chi connectivity index (χ4v) is 8.23. The molecule has 0 aliphatic heterocycles. The van der Waals surface area contributed by atoms with E-state index in [4.69, 9.17) is 18.9 Å². The molecule has 0 aliphatic rings. The number of hydrogen-bond donors (Lipinski definition) is 1. The standard InChI is InChI=1S/C66H113NO8/c1-6-8-10-12-14-16-18-20-22-24-26-28-30-31-32-33-35-37-39-41-43-45-47-49-51-53-55-57-64(69)75-62(61-74-66(65(70)71)72-59-58-67(3,4)5)60-73-63(68)56-54-52-50-48-46-44-42-40-38-36-34-29-27-25-23-21-19-17-15-13-11-9-7-2/h8-11,14-17,20-23,26-29,62,66H,6-7,12-13,18-19,24-25,30-61H2,1-5H3/p+1/b10-8-,11-9-,16-14-,17-15-,22-20-,23-21-,28-26-,29-27-. The topological polar surface area (TPSA) is 108 Å². The van der Waals surface area contributed by atoms with E-state index in [0.29, 0.717) is 17.4 Å². The number of likely N-dealkylation sites (N-methyl/N-ethyl adjacent to an activating group) is 1. The number of carboxylic acid groups (broad SMARTS) is 1. The Morgan fingerprint density at radius 2 is 0.720 bits per heavy atom. The molecular formula is C66H114NO8+. The van der Waals surface area contributed by atoms with E-state index in [1.165, 1.54) is 122 Å². The molecule has 0 saturated heterocycles. The highest BCUT2D eigenvalue weighted by Gasteiger charge is 2.25. The summed E-state index contributed by atoms with van der Waals surface area (Å²) >= 11 is 0. The lowest BCUT2D eigenvalue weighted by atomic mass is 10.0. The summed E-state index contributed by atoms with van der Waals surface area (Å²) in [5, 5.41) is 9.72. The third-order valence-electron chi connectivity index (χ3n) is 12.8. The van der Waals surface area contributed by atoms with Crippen LogP contribution in [0.4, 0.5) is 0 Å². The Hall–Kier alpha value is -3.79. The van der Waals surface area contributed by atoms with Gasteiger partial charge in [-0.05, 0) is 89.9 Å². The lowest BCUT2D eigenvalue weighted by Gasteiger charge is -2.25. The first kappa shape index (κ1) is 71.2. The average Bonchev–Trinajstić information content (AvgIpc) is 3.38. The van der Waals surface area contributed by atoms with Crippen LogP contribution in [0, 0.1) is 0 Å². The summed E-state index contributed by atoms with van der Waals surface area (Å²) in [4.78, 5) is 37.5. The van der Waals surface area contributed by atoms with E-state index in [-0.39, 0.29) is 32.2 Å². The van der Waals surface area contributed by atoms with Gasteiger partial charge in [0.1, 0.15) is 13.2 Å². The molecule has 75 heavy (non-hydrogen) atoms. The number of rotatable bonds is 55. The SMILES string of the molecule is CC/C=C\C/C=C\C/C=C\C/C=C\CCCCCCCCCCCCCCCCC(=O)OC(COC(=O)CCCCCCCCCCCC/C=C\C/C=C\C/C=C\C/C=C\CC)COC(OCC[N+](C)(C)C)C(=O)O. The molecule has 430 valence electrons. The van der Waals surface area contributed by atoms with Crippen molar-refractivity contribution < 1.29 is 42.9 Å². The van der Waals surface area contributed by atoms with Crippen molar-refractivity contribution in [3.05, 3.63) is 97.2 Å². The molecule has 2 unspecified atom stereocenters. The van der Waals surface area contributed by atoms with Crippen LogP contribution in [0.1, 0.15) is 245 Å². The third kappa shape index (κ3) is 57.7. The Labute approximate surface area is 461 Å². The van der Waals surface area contributed by atoms with Crippen molar-refractivity contribution in [1.29, 1.82) is 0 Å². The highest BCUT2D eigenvalue weighted by Crippen LogP contribution is 2.16. The fraction of sp³-hybridized carbons (Fsp3) is 0.712. The molecule has 0 aromatic carbocycles. The summed E-state index contributed by atoms with van der Waals surface area (Å²) in [6.07, 6.45) is 73.4. The quantitative estimate of drug-likeness (QED) is 0.0211. The van der Waals surface area contributed by atoms with Crippen LogP contribution in [0.15, 0.2) is 97.2 Å². The molecule has 0 spiro atoms. The lowest BCUT2D eigenvalue weighted by Crippen LogP contribution is -2.40. The second-order valence-corrected chi connectivity index (χ2v) is 21.2. The maximum atomic E-state index is 12.9. The number of hydrogen-bond acceptors (Lipinski definition) is 7. The normalized spacial score (nSPS) is 13.5. The molecule has 0 saturated carbocycles. The van der Waals surface area contributed by atoms with Crippen LogP contribution in [-0.4, -0.2) is 87.4 Å². The lowest BCUT2D eigenvalue weighted by molar-refractivity contribution is -0.870. The number of carbonyl (C=O) groups excluding carboxylic acids is 2. The molecule has 9 heteroatoms. The number of allylic oxidation sites excluding steroid dienone is 16. The van der Waals surface area contributed by atoms with Gasteiger partial charge in [-0.15, -0.1) is 0 Å². The maximum Gasteiger partial charge on any atom is 0.361 e. The first-order valence-corrected chi connectivity index (χ1v) is 30.4. The predicted octanol–water partition coefficient (Wildman–Crippen LogP) is 18.1. The van der Waals surface area contributed by atoms with E-state index in [1.54, 1.807) is 0 Å². The zero-order chi connectivity index (χ0) is 54.8. The number of unbranched alkanes of at least 4 members (excludes halogenated alkanes) is 24. The van der Waals surface area contributed by atoms with E-state index in [2.05, 4.69) is 111 Å². The molecule has 9 nitrogen and oxygen atoms in total. The summed E-state index contributed by atoms with van der Waals surface area (Å²) in [6, 6.07) is 0. The number of carbonyl (C=O) groups is 3. The van der Waals surface area contributed by atoms with E-state index in [1.807, 2.05) is 21.1 Å². The fourth-order valence-electron chi connectivity index (χ4n) is 8.23. The number of aliphatic carboxylic acids is 1. The van der Waals surface area contributed by atoms with Crippen LogP contribution < -0.4 is 0 Å². The summed E-state index contributed by atoms with van der Waals surface area (Å²) in [6.45, 7) is 4.66. The molecule has 0 bridgehead atoms. The summed E-state index contributed by atoms with van der Waals surface area (Å²) in [5.41, 5.74) is 0. The van der Waals surface area contributed by atoms with Crippen molar-refractivity contribution in [1.82, 2.24) is 0 Å². The molecule has 0 amide bonds. The van der Waals surface area contributed by atoms with Crippen molar-refractivity contribution in [2.45, 2.75) is 257 Å². The Morgan fingerprint density at radius 1 is 0.400 bits per heavy atom. The second-order valence-electron chi connectivity index (χ2n) is 21.2. The van der Waals surface area contributed by atoms with Crippen LogP contribution in [0.3, 0.4) is 0 Å². The molecule has 0 rings (SSSR count). The number of quaternary nitrogens is 1. The number of esters is 2. The van der Waals surface area contributed by atoms with Gasteiger partial charge in [0, 0.05) is 12.8 Å². The Bertz CT molecular complexity index is 1550. The molecule has 0 aromatic rings. The number of carboxylic acids is 1. The van der Waals surface area contributed by atoms with Gasteiger partial charge in [-0.2, -0.15) is 0 Å². The van der Waals surface area contributed by atoms with Crippen LogP contribution in [0.2, 0.25) is 0 Å². The molecule has 0 aromatic heterocycles. The maximum absolute atomic E-state index is 12.9.